The van der Waals surface area contributed by atoms with Crippen molar-refractivity contribution in [2.75, 3.05) is 19.6 Å². The number of carbonyl (C=O) groups excluding carboxylic acids is 1. The minimum atomic E-state index is -0.0464. The average molecular weight is 343 g/mol. The first-order valence-corrected chi connectivity index (χ1v) is 9.27. The highest BCUT2D eigenvalue weighted by atomic mass is 16.2. The molecule has 1 aliphatic heterocycles. The third kappa shape index (κ3) is 3.03. The van der Waals surface area contributed by atoms with E-state index < -0.39 is 0 Å². The van der Waals surface area contributed by atoms with Gasteiger partial charge in [0.25, 0.3) is 0 Å². The second kappa shape index (κ2) is 6.54. The Hall–Kier alpha value is -2.31. The largest absolute Gasteiger partial charge is 0.338 e. The average Bonchev–Trinajstić information content (AvgIpc) is 3.40. The topological polar surface area (TPSA) is 72.2 Å². The molecule has 1 aliphatic carbocycles. The molecule has 1 saturated heterocycles. The van der Waals surface area contributed by atoms with Gasteiger partial charge in [-0.25, -0.2) is 14.6 Å². The Morgan fingerprint density at radius 1 is 1.36 bits per heavy atom. The van der Waals surface area contributed by atoms with Crippen LogP contribution in [-0.4, -0.2) is 44.7 Å². The van der Waals surface area contributed by atoms with Crippen molar-refractivity contribution in [1.82, 2.24) is 24.3 Å². The number of rotatable bonds is 4. The number of likely N-dealkylation sites (tertiary alicyclic amines) is 1. The number of amides is 2. The van der Waals surface area contributed by atoms with Crippen molar-refractivity contribution in [3.63, 3.8) is 0 Å². The first kappa shape index (κ1) is 16.2. The zero-order valence-electron chi connectivity index (χ0n) is 14.6. The number of nitrogens with one attached hydrogen (secondary N) is 1. The lowest BCUT2D eigenvalue weighted by atomic mass is 10.1. The summed E-state index contributed by atoms with van der Waals surface area (Å²) in [5.74, 6) is 0.621. The summed E-state index contributed by atoms with van der Waals surface area (Å²) < 4.78 is 3.70. The fourth-order valence-electron chi connectivity index (χ4n) is 3.79. The Morgan fingerprint density at radius 3 is 2.96 bits per heavy atom. The predicted molar refractivity (Wildman–Crippen MR) is 95.6 cm³/mol. The number of piperidine rings is 1. The molecule has 4 rings (SSSR count). The third-order valence-corrected chi connectivity index (χ3v) is 5.24. The number of imidazole rings is 1. The van der Waals surface area contributed by atoms with Crippen LogP contribution in [0.15, 0.2) is 23.1 Å². The molecular weight excluding hydrogens is 318 g/mol. The maximum Gasteiger partial charge on any atom is 0.330 e. The number of aromatic nitrogens is 3. The van der Waals surface area contributed by atoms with Gasteiger partial charge < -0.3 is 10.2 Å². The zero-order chi connectivity index (χ0) is 17.4. The highest BCUT2D eigenvalue weighted by Crippen LogP contribution is 2.32. The molecule has 0 radical (unpaired) electrons. The van der Waals surface area contributed by atoms with Gasteiger partial charge in [0, 0.05) is 32.4 Å². The molecule has 2 aromatic rings. The first-order chi connectivity index (χ1) is 12.2. The van der Waals surface area contributed by atoms with E-state index in [0.717, 1.165) is 37.1 Å². The summed E-state index contributed by atoms with van der Waals surface area (Å²) >= 11 is 0. The third-order valence-electron chi connectivity index (χ3n) is 5.24. The molecule has 2 fully saturated rings. The van der Waals surface area contributed by atoms with Gasteiger partial charge in [0.05, 0.1) is 11.6 Å². The van der Waals surface area contributed by atoms with Gasteiger partial charge in [-0.15, -0.1) is 0 Å². The number of fused-ring (bicyclic) bond motifs is 1. The molecule has 7 nitrogen and oxygen atoms in total. The molecule has 1 atom stereocenters. The summed E-state index contributed by atoms with van der Waals surface area (Å²) in [6, 6.07) is 3.81. The minimum absolute atomic E-state index is 0.0123. The lowest BCUT2D eigenvalue weighted by Crippen LogP contribution is -2.47. The molecule has 0 bridgehead atoms. The standard InChI is InChI=1S/C18H25N5O2/c1-2-19-17(24)21-10-4-5-14(12-21)23-16-15(6-3-9-20-16)22(18(23)25)11-13-7-8-13/h3,6,9,13-14H,2,4-5,7-8,10-12H2,1H3,(H,19,24)/t14-/m0/s1. The summed E-state index contributed by atoms with van der Waals surface area (Å²) in [6.45, 7) is 4.61. The van der Waals surface area contributed by atoms with E-state index in [1.165, 1.54) is 12.8 Å². The van der Waals surface area contributed by atoms with E-state index in [1.54, 1.807) is 6.20 Å². The summed E-state index contributed by atoms with van der Waals surface area (Å²) in [5.41, 5.74) is 1.67. The van der Waals surface area contributed by atoms with Crippen LogP contribution in [0, 0.1) is 5.92 Å². The Bertz CT molecular complexity index is 836. The number of urea groups is 1. The molecule has 3 heterocycles. The van der Waals surface area contributed by atoms with E-state index in [0.29, 0.717) is 19.0 Å². The SMILES string of the molecule is CCNC(=O)N1CCC[C@H](n2c(=O)n(CC3CC3)c3cccnc32)C1. The van der Waals surface area contributed by atoms with Crippen LogP contribution in [0.3, 0.4) is 0 Å². The Balaban J connectivity index is 1.69. The maximum atomic E-state index is 13.1. The lowest BCUT2D eigenvalue weighted by molar-refractivity contribution is 0.167. The quantitative estimate of drug-likeness (QED) is 0.922. The number of nitrogens with zero attached hydrogens (tertiary/aromatic N) is 4. The van der Waals surface area contributed by atoms with Crippen LogP contribution in [0.25, 0.3) is 11.2 Å². The molecule has 134 valence electrons. The van der Waals surface area contributed by atoms with Gasteiger partial charge in [-0.3, -0.25) is 9.13 Å². The van der Waals surface area contributed by atoms with Gasteiger partial charge in [0.1, 0.15) is 0 Å². The summed E-state index contributed by atoms with van der Waals surface area (Å²) in [7, 11) is 0. The summed E-state index contributed by atoms with van der Waals surface area (Å²) in [6.07, 6.45) is 5.94. The number of hydrogen-bond acceptors (Lipinski definition) is 3. The van der Waals surface area contributed by atoms with Crippen molar-refractivity contribution in [3.8, 4) is 0 Å². The van der Waals surface area contributed by atoms with Gasteiger partial charge in [0.2, 0.25) is 0 Å². The van der Waals surface area contributed by atoms with E-state index in [-0.39, 0.29) is 17.8 Å². The molecule has 0 spiro atoms. The second-order valence-corrected chi connectivity index (χ2v) is 7.13. The van der Waals surface area contributed by atoms with Crippen LogP contribution in [0.5, 0.6) is 0 Å². The fourth-order valence-corrected chi connectivity index (χ4v) is 3.79. The van der Waals surface area contributed by atoms with Crippen LogP contribution in [-0.2, 0) is 6.54 Å². The van der Waals surface area contributed by atoms with E-state index in [1.807, 2.05) is 33.1 Å². The minimum Gasteiger partial charge on any atom is -0.338 e. The monoisotopic (exact) mass is 343 g/mol. The van der Waals surface area contributed by atoms with E-state index >= 15 is 0 Å². The Labute approximate surface area is 146 Å². The van der Waals surface area contributed by atoms with E-state index in [4.69, 9.17) is 0 Å². The first-order valence-electron chi connectivity index (χ1n) is 9.27. The van der Waals surface area contributed by atoms with E-state index in [2.05, 4.69) is 10.3 Å². The summed E-state index contributed by atoms with van der Waals surface area (Å²) in [4.78, 5) is 31.6. The van der Waals surface area contributed by atoms with Gasteiger partial charge in [0.15, 0.2) is 5.65 Å². The van der Waals surface area contributed by atoms with Crippen molar-refractivity contribution in [1.29, 1.82) is 0 Å². The smallest absolute Gasteiger partial charge is 0.330 e. The lowest BCUT2D eigenvalue weighted by Gasteiger charge is -2.33. The predicted octanol–water partition coefficient (Wildman–Crippen LogP) is 1.97. The van der Waals surface area contributed by atoms with Crippen molar-refractivity contribution in [3.05, 3.63) is 28.8 Å². The highest BCUT2D eigenvalue weighted by molar-refractivity contribution is 5.74. The van der Waals surface area contributed by atoms with Gasteiger partial charge in [-0.1, -0.05) is 0 Å². The highest BCUT2D eigenvalue weighted by Gasteiger charge is 2.30. The number of hydrogen-bond donors (Lipinski definition) is 1. The normalized spacial score (nSPS) is 20.8. The molecule has 2 aliphatic rings. The van der Waals surface area contributed by atoms with Crippen LogP contribution < -0.4 is 11.0 Å². The summed E-state index contributed by atoms with van der Waals surface area (Å²) in [5, 5.41) is 2.86. The number of pyridine rings is 1. The molecule has 0 aromatic carbocycles. The van der Waals surface area contributed by atoms with E-state index in [9.17, 15) is 9.59 Å². The van der Waals surface area contributed by atoms with Gasteiger partial charge in [-0.05, 0) is 50.7 Å². The van der Waals surface area contributed by atoms with Crippen molar-refractivity contribution < 1.29 is 4.79 Å². The fraction of sp³-hybridized carbons (Fsp3) is 0.611. The van der Waals surface area contributed by atoms with Crippen LogP contribution in [0.1, 0.15) is 38.6 Å². The van der Waals surface area contributed by atoms with Gasteiger partial charge >= 0.3 is 11.7 Å². The molecule has 2 amide bonds. The molecule has 7 heteroatoms. The molecule has 1 saturated carbocycles. The number of carbonyl (C=O) groups is 1. The molecule has 25 heavy (non-hydrogen) atoms. The zero-order valence-corrected chi connectivity index (χ0v) is 14.6. The second-order valence-electron chi connectivity index (χ2n) is 7.13. The maximum absolute atomic E-state index is 13.1. The van der Waals surface area contributed by atoms with Crippen molar-refractivity contribution in [2.24, 2.45) is 5.92 Å². The van der Waals surface area contributed by atoms with Crippen LogP contribution >= 0.6 is 0 Å². The molecule has 2 aromatic heterocycles. The molecule has 0 unspecified atom stereocenters. The molecule has 1 N–H and O–H groups in total. The molecular formula is C18H25N5O2. The van der Waals surface area contributed by atoms with Crippen LogP contribution in [0.2, 0.25) is 0 Å². The van der Waals surface area contributed by atoms with Crippen molar-refractivity contribution in [2.45, 2.75) is 45.2 Å². The van der Waals surface area contributed by atoms with Crippen LogP contribution in [0.4, 0.5) is 4.79 Å². The Morgan fingerprint density at radius 2 is 2.20 bits per heavy atom. The van der Waals surface area contributed by atoms with Gasteiger partial charge in [-0.2, -0.15) is 0 Å². The Kier molecular flexibility index (Phi) is 4.23. The van der Waals surface area contributed by atoms with Crippen molar-refractivity contribution >= 4 is 17.2 Å².